The number of nitrogens with one attached hydrogen (secondary N) is 1. The van der Waals surface area contributed by atoms with E-state index in [0.29, 0.717) is 12.8 Å². The lowest BCUT2D eigenvalue weighted by atomic mass is 9.99. The van der Waals surface area contributed by atoms with Gasteiger partial charge in [0.15, 0.2) is 6.29 Å². The molecule has 1 aliphatic heterocycles. The molecule has 7 unspecified atom stereocenters. The summed E-state index contributed by atoms with van der Waals surface area (Å²) < 4.78 is 11.3. The first-order valence-corrected chi connectivity index (χ1v) is 31.0. The Labute approximate surface area is 449 Å². The van der Waals surface area contributed by atoms with Crippen LogP contribution in [0.25, 0.3) is 0 Å². The van der Waals surface area contributed by atoms with E-state index < -0.39 is 49.5 Å². The van der Waals surface area contributed by atoms with E-state index in [1.165, 1.54) is 180 Å². The van der Waals surface area contributed by atoms with E-state index in [0.717, 1.165) is 77.0 Å². The standard InChI is InChI=1S/C64H117NO8/c1-3-5-7-9-11-13-15-17-19-21-23-24-25-26-27-28-29-30-31-32-33-34-36-37-39-41-43-45-47-49-51-53-58(67)57(56-72-64-63(71)62(70)61(69)59(55-66)73-64)65-60(68)54-52-50-48-46-44-42-40-38-35-22-20-18-16-14-12-10-8-6-4-2/h6,8,12,14,18,20,35,38,42,44,57-59,61-64,66-67,69-71H,3-5,7,9-11,13,15-17,19,21-34,36-37,39-41,43,45-56H2,1-2H3,(H,65,68)/b8-6-,14-12-,20-18-,38-35-,44-42-. The molecule has 73 heavy (non-hydrogen) atoms. The fourth-order valence-corrected chi connectivity index (χ4v) is 9.78. The second kappa shape index (κ2) is 53.3. The van der Waals surface area contributed by atoms with Gasteiger partial charge in [0.2, 0.25) is 5.91 Å². The van der Waals surface area contributed by atoms with Crippen LogP contribution in [-0.2, 0) is 14.3 Å². The van der Waals surface area contributed by atoms with Gasteiger partial charge in [0.05, 0.1) is 25.4 Å². The predicted octanol–water partition coefficient (Wildman–Crippen LogP) is 15.9. The first-order chi connectivity index (χ1) is 35.8. The van der Waals surface area contributed by atoms with Gasteiger partial charge in [-0.1, -0.05) is 280 Å². The molecule has 9 nitrogen and oxygen atoms in total. The van der Waals surface area contributed by atoms with Crippen molar-refractivity contribution in [2.24, 2.45) is 0 Å². The zero-order valence-corrected chi connectivity index (χ0v) is 47.4. The van der Waals surface area contributed by atoms with Crippen molar-refractivity contribution in [3.05, 3.63) is 60.8 Å². The van der Waals surface area contributed by atoms with Crippen LogP contribution >= 0.6 is 0 Å². The summed E-state index contributed by atoms with van der Waals surface area (Å²) in [6.07, 6.45) is 65.6. The van der Waals surface area contributed by atoms with Gasteiger partial charge in [-0.05, 0) is 57.8 Å². The van der Waals surface area contributed by atoms with Gasteiger partial charge in [-0.2, -0.15) is 0 Å². The number of rotatable bonds is 53. The lowest BCUT2D eigenvalue weighted by molar-refractivity contribution is -0.302. The summed E-state index contributed by atoms with van der Waals surface area (Å²) in [6.45, 7) is 3.73. The minimum absolute atomic E-state index is 0.153. The Kier molecular flexibility index (Phi) is 50.3. The van der Waals surface area contributed by atoms with Gasteiger partial charge in [0.1, 0.15) is 24.4 Å². The molecule has 7 atom stereocenters. The summed E-state index contributed by atoms with van der Waals surface area (Å²) in [5.74, 6) is -0.174. The Bertz CT molecular complexity index is 1330. The molecule has 1 amide bonds. The zero-order chi connectivity index (χ0) is 52.9. The quantitative estimate of drug-likeness (QED) is 0.0261. The number of unbranched alkanes of at least 4 members (excludes halogenated alkanes) is 33. The molecule has 1 rings (SSSR count). The molecule has 1 aliphatic rings. The summed E-state index contributed by atoms with van der Waals surface area (Å²) in [5.41, 5.74) is 0. The highest BCUT2D eigenvalue weighted by molar-refractivity contribution is 5.76. The summed E-state index contributed by atoms with van der Waals surface area (Å²) in [7, 11) is 0. The summed E-state index contributed by atoms with van der Waals surface area (Å²) in [4.78, 5) is 13.1. The predicted molar refractivity (Wildman–Crippen MR) is 309 cm³/mol. The van der Waals surface area contributed by atoms with Crippen molar-refractivity contribution in [1.82, 2.24) is 5.32 Å². The van der Waals surface area contributed by atoms with Crippen LogP contribution in [0.2, 0.25) is 0 Å². The number of carbonyl (C=O) groups is 1. The molecule has 9 heteroatoms. The average molecular weight is 1030 g/mol. The monoisotopic (exact) mass is 1030 g/mol. The van der Waals surface area contributed by atoms with E-state index in [1.807, 2.05) is 0 Å². The summed E-state index contributed by atoms with van der Waals surface area (Å²) in [6, 6.07) is -0.741. The van der Waals surface area contributed by atoms with Gasteiger partial charge in [0.25, 0.3) is 0 Å². The van der Waals surface area contributed by atoms with E-state index in [4.69, 9.17) is 9.47 Å². The minimum atomic E-state index is -1.56. The van der Waals surface area contributed by atoms with Crippen molar-refractivity contribution in [3.8, 4) is 0 Å². The van der Waals surface area contributed by atoms with Gasteiger partial charge in [-0.15, -0.1) is 0 Å². The Morgan fingerprint density at radius 2 is 0.849 bits per heavy atom. The van der Waals surface area contributed by atoms with Crippen LogP contribution in [0.5, 0.6) is 0 Å². The highest BCUT2D eigenvalue weighted by Crippen LogP contribution is 2.23. The Hall–Kier alpha value is -2.11. The minimum Gasteiger partial charge on any atom is -0.394 e. The molecule has 0 aliphatic carbocycles. The van der Waals surface area contributed by atoms with Crippen molar-refractivity contribution in [1.29, 1.82) is 0 Å². The van der Waals surface area contributed by atoms with Crippen LogP contribution < -0.4 is 5.32 Å². The average Bonchev–Trinajstić information content (AvgIpc) is 3.39. The first kappa shape index (κ1) is 68.9. The maximum atomic E-state index is 13.1. The van der Waals surface area contributed by atoms with E-state index >= 15 is 0 Å². The first-order valence-electron chi connectivity index (χ1n) is 31.0. The third kappa shape index (κ3) is 42.7. The fourth-order valence-electron chi connectivity index (χ4n) is 9.78. The largest absolute Gasteiger partial charge is 0.394 e. The van der Waals surface area contributed by atoms with E-state index in [2.05, 4.69) is 79.9 Å². The Morgan fingerprint density at radius 1 is 0.479 bits per heavy atom. The van der Waals surface area contributed by atoms with Crippen LogP contribution in [0.15, 0.2) is 60.8 Å². The molecule has 0 aromatic carbocycles. The van der Waals surface area contributed by atoms with Gasteiger partial charge >= 0.3 is 0 Å². The molecule has 1 saturated heterocycles. The van der Waals surface area contributed by atoms with Crippen molar-refractivity contribution >= 4 is 5.91 Å². The molecule has 1 fully saturated rings. The van der Waals surface area contributed by atoms with Crippen molar-refractivity contribution in [2.75, 3.05) is 13.2 Å². The number of aliphatic hydroxyl groups excluding tert-OH is 5. The second-order valence-corrected chi connectivity index (χ2v) is 21.5. The number of amides is 1. The van der Waals surface area contributed by atoms with E-state index in [1.54, 1.807) is 0 Å². The molecule has 0 radical (unpaired) electrons. The normalized spacial score (nSPS) is 19.5. The van der Waals surface area contributed by atoms with Crippen LogP contribution in [0.4, 0.5) is 0 Å². The number of hydrogen-bond donors (Lipinski definition) is 6. The second-order valence-electron chi connectivity index (χ2n) is 21.5. The molecule has 0 aromatic heterocycles. The van der Waals surface area contributed by atoms with Crippen molar-refractivity contribution in [3.63, 3.8) is 0 Å². The maximum Gasteiger partial charge on any atom is 0.220 e. The van der Waals surface area contributed by atoms with Crippen LogP contribution in [-0.4, -0.2) is 87.5 Å². The maximum absolute atomic E-state index is 13.1. The lowest BCUT2D eigenvalue weighted by Crippen LogP contribution is -2.60. The molecular formula is C64H117NO8. The van der Waals surface area contributed by atoms with Gasteiger partial charge in [-0.3, -0.25) is 4.79 Å². The Balaban J connectivity index is 2.16. The molecule has 0 spiro atoms. The van der Waals surface area contributed by atoms with Crippen molar-refractivity contribution in [2.45, 2.75) is 326 Å². The highest BCUT2D eigenvalue weighted by atomic mass is 16.7. The molecule has 426 valence electrons. The third-order valence-corrected chi connectivity index (χ3v) is 14.6. The van der Waals surface area contributed by atoms with E-state index in [9.17, 15) is 30.3 Å². The van der Waals surface area contributed by atoms with Crippen LogP contribution in [0.1, 0.15) is 284 Å². The number of allylic oxidation sites excluding steroid dienone is 10. The Morgan fingerprint density at radius 3 is 1.25 bits per heavy atom. The smallest absolute Gasteiger partial charge is 0.220 e. The number of ether oxygens (including phenoxy) is 2. The number of carbonyl (C=O) groups excluding carboxylic acids is 1. The molecule has 0 bridgehead atoms. The molecule has 0 aromatic rings. The SMILES string of the molecule is CC/C=C\C/C=C\C/C=C\C/C=C\C/C=C\CCCCCC(=O)NC(COC1OC(CO)C(O)C(O)C1O)C(O)CCCCCCCCCCCCCCCCCCCCCCCCCCCCCCCCC. The molecule has 0 saturated carbocycles. The van der Waals surface area contributed by atoms with Crippen LogP contribution in [0.3, 0.4) is 0 Å². The summed E-state index contributed by atoms with van der Waals surface area (Å²) >= 11 is 0. The van der Waals surface area contributed by atoms with Gasteiger partial charge in [0, 0.05) is 6.42 Å². The number of hydrogen-bond acceptors (Lipinski definition) is 8. The molecular weight excluding hydrogens is 911 g/mol. The lowest BCUT2D eigenvalue weighted by Gasteiger charge is -2.40. The third-order valence-electron chi connectivity index (χ3n) is 14.6. The zero-order valence-electron chi connectivity index (χ0n) is 47.4. The number of aliphatic hydroxyl groups is 5. The van der Waals surface area contributed by atoms with Crippen molar-refractivity contribution < 1.29 is 39.8 Å². The van der Waals surface area contributed by atoms with Gasteiger partial charge < -0.3 is 40.3 Å². The topological polar surface area (TPSA) is 149 Å². The molecule has 6 N–H and O–H groups in total. The highest BCUT2D eigenvalue weighted by Gasteiger charge is 2.44. The van der Waals surface area contributed by atoms with E-state index in [-0.39, 0.29) is 12.5 Å². The van der Waals surface area contributed by atoms with Gasteiger partial charge in [-0.25, -0.2) is 0 Å². The summed E-state index contributed by atoms with van der Waals surface area (Å²) in [5, 5.41) is 54.7. The fraction of sp³-hybridized carbons (Fsp3) is 0.828. The molecule has 1 heterocycles. The van der Waals surface area contributed by atoms with Crippen LogP contribution in [0, 0.1) is 0 Å².